The van der Waals surface area contributed by atoms with Crippen LogP contribution in [-0.4, -0.2) is 52.7 Å². The Hall–Kier alpha value is -2.65. The van der Waals surface area contributed by atoms with Gasteiger partial charge in [-0.1, -0.05) is 0 Å². The van der Waals surface area contributed by atoms with Crippen LogP contribution in [0.25, 0.3) is 0 Å². The Morgan fingerprint density at radius 3 is 2.81 bits per heavy atom. The average Bonchev–Trinajstić information content (AvgIpc) is 3.07. The Morgan fingerprint density at radius 1 is 1.41 bits per heavy atom. The van der Waals surface area contributed by atoms with Gasteiger partial charge in [0.1, 0.15) is 0 Å². The predicted octanol–water partition coefficient (Wildman–Crippen LogP) is 2.76. The van der Waals surface area contributed by atoms with Crippen molar-refractivity contribution in [2.24, 2.45) is 13.0 Å². The monoisotopic (exact) mass is 365 g/mol. The second-order valence-corrected chi connectivity index (χ2v) is 7.60. The van der Waals surface area contributed by atoms with Crippen LogP contribution in [0.3, 0.4) is 0 Å². The molecule has 0 spiro atoms. The van der Waals surface area contributed by atoms with E-state index in [1.807, 2.05) is 36.8 Å². The number of aromatic nitrogens is 2. The number of rotatable bonds is 4. The lowest BCUT2D eigenvalue weighted by Crippen LogP contribution is -2.42. The average molecular weight is 365 g/mol. The van der Waals surface area contributed by atoms with Gasteiger partial charge in [0, 0.05) is 44.0 Å². The number of carbonyl (C=O) groups is 1. The maximum atomic E-state index is 13.0. The highest BCUT2D eigenvalue weighted by Gasteiger charge is 2.33. The molecule has 1 amide bonds. The summed E-state index contributed by atoms with van der Waals surface area (Å²) in [7, 11) is 5.95. The molecule has 6 nitrogen and oxygen atoms in total. The van der Waals surface area contributed by atoms with Gasteiger partial charge in [0.25, 0.3) is 5.91 Å². The lowest BCUT2D eigenvalue weighted by atomic mass is 9.85. The van der Waals surface area contributed by atoms with Crippen molar-refractivity contribution in [1.82, 2.24) is 19.6 Å². The van der Waals surface area contributed by atoms with E-state index < -0.39 is 0 Å². The molecule has 0 saturated carbocycles. The Balaban J connectivity index is 1.78. The van der Waals surface area contributed by atoms with E-state index in [-0.39, 0.29) is 11.9 Å². The maximum Gasteiger partial charge on any atom is 0.253 e. The van der Waals surface area contributed by atoms with Crippen LogP contribution in [0.4, 0.5) is 0 Å². The van der Waals surface area contributed by atoms with Crippen LogP contribution in [0.1, 0.15) is 45.9 Å². The van der Waals surface area contributed by atoms with E-state index in [9.17, 15) is 4.79 Å². The summed E-state index contributed by atoms with van der Waals surface area (Å²) >= 11 is 0. The number of piperidine rings is 1. The lowest BCUT2D eigenvalue weighted by molar-refractivity contribution is 0.0644. The van der Waals surface area contributed by atoms with Crippen molar-refractivity contribution in [1.29, 1.82) is 5.26 Å². The third-order valence-electron chi connectivity index (χ3n) is 5.51. The molecule has 6 heteroatoms. The largest absolute Gasteiger partial charge is 0.341 e. The van der Waals surface area contributed by atoms with Gasteiger partial charge in [0.15, 0.2) is 0 Å². The minimum atomic E-state index is 0.00940. The van der Waals surface area contributed by atoms with Gasteiger partial charge in [-0.15, -0.1) is 0 Å². The van der Waals surface area contributed by atoms with Crippen LogP contribution >= 0.6 is 0 Å². The molecule has 1 aliphatic rings. The number of amides is 1. The van der Waals surface area contributed by atoms with E-state index in [1.54, 1.807) is 18.2 Å². The van der Waals surface area contributed by atoms with E-state index in [0.717, 1.165) is 24.9 Å². The van der Waals surface area contributed by atoms with E-state index in [2.05, 4.69) is 29.3 Å². The highest BCUT2D eigenvalue weighted by Crippen LogP contribution is 2.35. The molecule has 2 heterocycles. The van der Waals surface area contributed by atoms with Gasteiger partial charge < -0.3 is 4.90 Å². The number of aryl methyl sites for hydroxylation is 2. The fraction of sp³-hybridized carbons (Fsp3) is 0.476. The van der Waals surface area contributed by atoms with Gasteiger partial charge >= 0.3 is 0 Å². The first kappa shape index (κ1) is 19.1. The molecule has 1 aliphatic heterocycles. The Kier molecular flexibility index (Phi) is 5.62. The van der Waals surface area contributed by atoms with Crippen molar-refractivity contribution in [3.63, 3.8) is 0 Å². The standard InChI is InChI=1S/C21H27N5O/c1-15-10-16(11-22)7-8-19(15)21(27)25(3)13-17-6-5-9-24(2)20(17)18-12-23-26(4)14-18/h7-8,10,12,14,17,20H,5-6,9,13H2,1-4H3/t17-,20+/m0/s1. The van der Waals surface area contributed by atoms with Gasteiger partial charge in [-0.05, 0) is 63.0 Å². The second-order valence-electron chi connectivity index (χ2n) is 7.60. The Labute approximate surface area is 161 Å². The molecule has 2 atom stereocenters. The normalized spacial score (nSPS) is 20.3. The van der Waals surface area contributed by atoms with Crippen LogP contribution < -0.4 is 0 Å². The quantitative estimate of drug-likeness (QED) is 0.836. The molecule has 0 radical (unpaired) electrons. The smallest absolute Gasteiger partial charge is 0.253 e. The number of carbonyl (C=O) groups excluding carboxylic acids is 1. The van der Waals surface area contributed by atoms with Crippen molar-refractivity contribution in [2.45, 2.75) is 25.8 Å². The highest BCUT2D eigenvalue weighted by atomic mass is 16.2. The van der Waals surface area contributed by atoms with Gasteiger partial charge in [0.05, 0.1) is 17.8 Å². The Morgan fingerprint density at radius 2 is 2.19 bits per heavy atom. The molecule has 3 rings (SSSR count). The molecule has 1 aromatic carbocycles. The minimum Gasteiger partial charge on any atom is -0.341 e. The molecule has 142 valence electrons. The van der Waals surface area contributed by atoms with E-state index in [4.69, 9.17) is 5.26 Å². The molecule has 1 saturated heterocycles. The molecule has 0 bridgehead atoms. The van der Waals surface area contributed by atoms with Crippen molar-refractivity contribution in [3.05, 3.63) is 52.8 Å². The SMILES string of the molecule is Cc1cc(C#N)ccc1C(=O)N(C)C[C@@H]1CCCN(C)[C@H]1c1cnn(C)c1. The fourth-order valence-electron chi connectivity index (χ4n) is 4.18. The zero-order chi connectivity index (χ0) is 19.6. The molecule has 27 heavy (non-hydrogen) atoms. The third-order valence-corrected chi connectivity index (χ3v) is 5.51. The van der Waals surface area contributed by atoms with E-state index in [1.165, 1.54) is 5.56 Å². The molecule has 1 aromatic heterocycles. The van der Waals surface area contributed by atoms with E-state index in [0.29, 0.717) is 23.6 Å². The molecule has 0 N–H and O–H groups in total. The van der Waals surface area contributed by atoms with Gasteiger partial charge in [-0.3, -0.25) is 14.4 Å². The summed E-state index contributed by atoms with van der Waals surface area (Å²) < 4.78 is 1.84. The van der Waals surface area contributed by atoms with Crippen molar-refractivity contribution >= 4 is 5.91 Å². The summed E-state index contributed by atoms with van der Waals surface area (Å²) in [6, 6.07) is 7.63. The number of nitriles is 1. The van der Waals surface area contributed by atoms with E-state index >= 15 is 0 Å². The number of nitrogens with zero attached hydrogens (tertiary/aromatic N) is 5. The number of hydrogen-bond acceptors (Lipinski definition) is 4. The first-order chi connectivity index (χ1) is 12.9. The van der Waals surface area contributed by atoms with Gasteiger partial charge in [0.2, 0.25) is 0 Å². The summed E-state index contributed by atoms with van der Waals surface area (Å²) in [5.74, 6) is 0.371. The zero-order valence-electron chi connectivity index (χ0n) is 16.5. The summed E-state index contributed by atoms with van der Waals surface area (Å²) in [5.41, 5.74) is 3.30. The predicted molar refractivity (Wildman–Crippen MR) is 104 cm³/mol. The molecule has 2 aromatic rings. The van der Waals surface area contributed by atoms with Crippen LogP contribution in [0.2, 0.25) is 0 Å². The van der Waals surface area contributed by atoms with Gasteiger partial charge in [-0.25, -0.2) is 0 Å². The van der Waals surface area contributed by atoms with Crippen LogP contribution in [0.15, 0.2) is 30.6 Å². The van der Waals surface area contributed by atoms with Gasteiger partial charge in [-0.2, -0.15) is 10.4 Å². The molecule has 1 fully saturated rings. The molecular weight excluding hydrogens is 338 g/mol. The molecular formula is C21H27N5O. The first-order valence-corrected chi connectivity index (χ1v) is 9.35. The first-order valence-electron chi connectivity index (χ1n) is 9.35. The van der Waals surface area contributed by atoms with Crippen molar-refractivity contribution in [2.75, 3.05) is 27.2 Å². The number of benzene rings is 1. The minimum absolute atomic E-state index is 0.00940. The number of hydrogen-bond donors (Lipinski definition) is 0. The lowest BCUT2D eigenvalue weighted by Gasteiger charge is -2.40. The number of likely N-dealkylation sites (tertiary alicyclic amines) is 1. The van der Waals surface area contributed by atoms with Crippen molar-refractivity contribution in [3.8, 4) is 6.07 Å². The third kappa shape index (κ3) is 4.04. The molecule has 0 unspecified atom stereocenters. The maximum absolute atomic E-state index is 13.0. The fourth-order valence-corrected chi connectivity index (χ4v) is 4.18. The van der Waals surface area contributed by atoms with Crippen LogP contribution in [0.5, 0.6) is 0 Å². The second kappa shape index (κ2) is 7.93. The van der Waals surface area contributed by atoms with Crippen molar-refractivity contribution < 1.29 is 4.79 Å². The summed E-state index contributed by atoms with van der Waals surface area (Å²) in [6.45, 7) is 3.64. The summed E-state index contributed by atoms with van der Waals surface area (Å²) in [5, 5.41) is 13.4. The highest BCUT2D eigenvalue weighted by molar-refractivity contribution is 5.95. The topological polar surface area (TPSA) is 65.2 Å². The zero-order valence-corrected chi connectivity index (χ0v) is 16.5. The summed E-state index contributed by atoms with van der Waals surface area (Å²) in [4.78, 5) is 17.2. The Bertz CT molecular complexity index is 866. The van der Waals surface area contributed by atoms with Crippen LogP contribution in [-0.2, 0) is 7.05 Å². The summed E-state index contributed by atoms with van der Waals surface area (Å²) in [6.07, 6.45) is 6.24. The molecule has 0 aliphatic carbocycles. The van der Waals surface area contributed by atoms with Crippen LogP contribution in [0, 0.1) is 24.2 Å².